The highest BCUT2D eigenvalue weighted by Gasteiger charge is 2.25. The molecule has 0 aliphatic carbocycles. The van der Waals surface area contributed by atoms with Crippen molar-refractivity contribution in [2.75, 3.05) is 11.9 Å². The largest absolute Gasteiger partial charge is 0.376 e. The van der Waals surface area contributed by atoms with Crippen molar-refractivity contribution < 1.29 is 9.53 Å². The summed E-state index contributed by atoms with van der Waals surface area (Å²) in [6, 6.07) is 9.26. The average Bonchev–Trinajstić information content (AvgIpc) is 3.56. The minimum atomic E-state index is -0.403. The van der Waals surface area contributed by atoms with E-state index in [9.17, 15) is 9.59 Å². The predicted octanol–water partition coefficient (Wildman–Crippen LogP) is 3.47. The number of imidazole rings is 1. The molecule has 1 aliphatic heterocycles. The van der Waals surface area contributed by atoms with Crippen molar-refractivity contribution in [2.24, 2.45) is 0 Å². The van der Waals surface area contributed by atoms with Gasteiger partial charge in [-0.05, 0) is 49.4 Å². The fourth-order valence-corrected chi connectivity index (χ4v) is 5.26. The smallest absolute Gasteiger partial charge is 0.323 e. The Hall–Kier alpha value is -2.89. The zero-order valence-electron chi connectivity index (χ0n) is 17.3. The first-order chi connectivity index (χ1) is 15.6. The number of thiophene rings is 1. The van der Waals surface area contributed by atoms with Gasteiger partial charge >= 0.3 is 5.69 Å². The van der Waals surface area contributed by atoms with Crippen molar-refractivity contribution in [3.05, 3.63) is 46.2 Å². The third-order valence-electron chi connectivity index (χ3n) is 5.30. The number of anilines is 1. The number of nitrogens with zero attached hydrogens (tertiary/aromatic N) is 3. The maximum atomic E-state index is 12.9. The number of ether oxygens (including phenoxy) is 1. The van der Waals surface area contributed by atoms with Gasteiger partial charge in [0, 0.05) is 12.3 Å². The van der Waals surface area contributed by atoms with E-state index in [4.69, 9.17) is 4.74 Å². The standard InChI is InChI=1S/C21H22N6O3S2/c1-12(19(28)22-13-6-7-15-16(10-13)24-20(29)23-15)32-21-26-25-18(17-5-3-9-31-17)27(21)11-14-4-2-8-30-14/h3,5-7,9-10,12,14H,2,4,8,11H2,1H3,(H,22,28)(H2,23,24,29)/t12-,14+/m1/s1. The fourth-order valence-electron chi connectivity index (χ4n) is 3.69. The van der Waals surface area contributed by atoms with E-state index in [2.05, 4.69) is 30.0 Å². The molecular formula is C21H22N6O3S2. The summed E-state index contributed by atoms with van der Waals surface area (Å²) < 4.78 is 7.89. The molecule has 4 heterocycles. The minimum absolute atomic E-state index is 0.128. The van der Waals surface area contributed by atoms with E-state index < -0.39 is 5.25 Å². The molecule has 0 unspecified atom stereocenters. The molecule has 0 bridgehead atoms. The summed E-state index contributed by atoms with van der Waals surface area (Å²) in [6.45, 7) is 3.28. The van der Waals surface area contributed by atoms with E-state index >= 15 is 0 Å². The zero-order chi connectivity index (χ0) is 22.1. The molecule has 1 amide bonds. The van der Waals surface area contributed by atoms with Crippen LogP contribution in [-0.2, 0) is 16.1 Å². The lowest BCUT2D eigenvalue weighted by Gasteiger charge is -2.16. The topological polar surface area (TPSA) is 118 Å². The second kappa shape index (κ2) is 8.93. The van der Waals surface area contributed by atoms with Gasteiger partial charge in [0.1, 0.15) is 0 Å². The Morgan fingerprint density at radius 2 is 2.22 bits per heavy atom. The van der Waals surface area contributed by atoms with Crippen molar-refractivity contribution in [2.45, 2.75) is 42.8 Å². The molecule has 11 heteroatoms. The molecule has 0 radical (unpaired) electrons. The van der Waals surface area contributed by atoms with Crippen LogP contribution in [0.5, 0.6) is 0 Å². The van der Waals surface area contributed by atoms with Crippen LogP contribution in [0.4, 0.5) is 5.69 Å². The lowest BCUT2D eigenvalue weighted by Crippen LogP contribution is -2.23. The lowest BCUT2D eigenvalue weighted by molar-refractivity contribution is -0.115. The number of carbonyl (C=O) groups excluding carboxylic acids is 1. The first-order valence-electron chi connectivity index (χ1n) is 10.3. The van der Waals surface area contributed by atoms with Crippen LogP contribution in [0.1, 0.15) is 19.8 Å². The van der Waals surface area contributed by atoms with Gasteiger partial charge in [-0.3, -0.25) is 9.36 Å². The van der Waals surface area contributed by atoms with E-state index in [0.29, 0.717) is 28.4 Å². The molecule has 1 aromatic carbocycles. The molecule has 2 atom stereocenters. The molecule has 9 nitrogen and oxygen atoms in total. The van der Waals surface area contributed by atoms with Crippen LogP contribution < -0.4 is 11.0 Å². The molecule has 32 heavy (non-hydrogen) atoms. The quantitative estimate of drug-likeness (QED) is 0.356. The summed E-state index contributed by atoms with van der Waals surface area (Å²) in [6.07, 6.45) is 2.19. The average molecular weight is 471 g/mol. The molecule has 1 fully saturated rings. The van der Waals surface area contributed by atoms with Crippen LogP contribution in [0.2, 0.25) is 0 Å². The van der Waals surface area contributed by atoms with Crippen molar-refractivity contribution in [3.63, 3.8) is 0 Å². The number of rotatable bonds is 7. The molecule has 5 rings (SSSR count). The summed E-state index contributed by atoms with van der Waals surface area (Å²) >= 11 is 2.98. The van der Waals surface area contributed by atoms with E-state index in [1.54, 1.807) is 29.5 Å². The highest BCUT2D eigenvalue weighted by atomic mass is 32.2. The zero-order valence-corrected chi connectivity index (χ0v) is 19.0. The molecule has 3 aromatic heterocycles. The Morgan fingerprint density at radius 3 is 3.00 bits per heavy atom. The summed E-state index contributed by atoms with van der Waals surface area (Å²) in [5.41, 5.74) is 1.67. The van der Waals surface area contributed by atoms with E-state index in [-0.39, 0.29) is 17.7 Å². The number of carbonyl (C=O) groups is 1. The number of hydrogen-bond donors (Lipinski definition) is 3. The molecule has 0 saturated carbocycles. The number of aromatic nitrogens is 5. The van der Waals surface area contributed by atoms with Crippen LogP contribution >= 0.6 is 23.1 Å². The normalized spacial score (nSPS) is 17.1. The summed E-state index contributed by atoms with van der Waals surface area (Å²) in [4.78, 5) is 30.7. The van der Waals surface area contributed by atoms with Gasteiger partial charge in [0.05, 0.1) is 33.8 Å². The minimum Gasteiger partial charge on any atom is -0.376 e. The first kappa shape index (κ1) is 21.0. The number of aromatic amines is 2. The fraction of sp³-hybridized carbons (Fsp3) is 0.333. The number of H-pyrrole nitrogens is 2. The Bertz CT molecular complexity index is 1290. The number of thioether (sulfide) groups is 1. The second-order valence-electron chi connectivity index (χ2n) is 7.62. The Kier molecular flexibility index (Phi) is 5.85. The van der Waals surface area contributed by atoms with Crippen LogP contribution in [0.3, 0.4) is 0 Å². The predicted molar refractivity (Wildman–Crippen MR) is 125 cm³/mol. The number of amides is 1. The lowest BCUT2D eigenvalue weighted by atomic mass is 10.2. The molecule has 4 aromatic rings. The van der Waals surface area contributed by atoms with Crippen LogP contribution in [0, 0.1) is 0 Å². The van der Waals surface area contributed by atoms with E-state index in [1.165, 1.54) is 11.8 Å². The SMILES string of the molecule is C[C@@H](Sc1nnc(-c2cccs2)n1C[C@@H]1CCCO1)C(=O)Nc1ccc2[nH]c(=O)[nH]c2c1. The van der Waals surface area contributed by atoms with E-state index in [0.717, 1.165) is 30.2 Å². The first-order valence-corrected chi connectivity index (χ1v) is 12.1. The Morgan fingerprint density at radius 1 is 1.34 bits per heavy atom. The van der Waals surface area contributed by atoms with Gasteiger partial charge in [-0.1, -0.05) is 17.8 Å². The number of benzene rings is 1. The molecule has 1 saturated heterocycles. The van der Waals surface area contributed by atoms with Gasteiger partial charge in [0.15, 0.2) is 11.0 Å². The van der Waals surface area contributed by atoms with Crippen LogP contribution in [0.15, 0.2) is 45.7 Å². The second-order valence-corrected chi connectivity index (χ2v) is 9.87. The van der Waals surface area contributed by atoms with Gasteiger partial charge in [0.25, 0.3) is 0 Å². The van der Waals surface area contributed by atoms with Gasteiger partial charge in [-0.25, -0.2) is 4.79 Å². The van der Waals surface area contributed by atoms with Gasteiger partial charge in [0.2, 0.25) is 5.91 Å². The monoisotopic (exact) mass is 470 g/mol. The summed E-state index contributed by atoms with van der Waals surface area (Å²) in [5, 5.41) is 14.0. The third kappa shape index (κ3) is 4.36. The van der Waals surface area contributed by atoms with Crippen molar-refractivity contribution in [3.8, 4) is 10.7 Å². The molecule has 166 valence electrons. The van der Waals surface area contributed by atoms with Crippen LogP contribution in [0.25, 0.3) is 21.7 Å². The number of nitrogens with one attached hydrogen (secondary N) is 3. The molecule has 1 aliphatic rings. The molecule has 0 spiro atoms. The van der Waals surface area contributed by atoms with Gasteiger partial charge in [-0.2, -0.15) is 0 Å². The van der Waals surface area contributed by atoms with Gasteiger partial charge < -0.3 is 20.0 Å². The Labute approximate surface area is 191 Å². The number of fused-ring (bicyclic) bond motifs is 1. The summed E-state index contributed by atoms with van der Waals surface area (Å²) in [5.74, 6) is 0.643. The maximum Gasteiger partial charge on any atom is 0.323 e. The third-order valence-corrected chi connectivity index (χ3v) is 7.25. The Balaban J connectivity index is 1.33. The molecule has 3 N–H and O–H groups in total. The van der Waals surface area contributed by atoms with Crippen molar-refractivity contribution in [1.82, 2.24) is 24.7 Å². The highest BCUT2D eigenvalue weighted by molar-refractivity contribution is 8.00. The van der Waals surface area contributed by atoms with Gasteiger partial charge in [-0.15, -0.1) is 21.5 Å². The van der Waals surface area contributed by atoms with Crippen LogP contribution in [-0.4, -0.2) is 48.6 Å². The maximum absolute atomic E-state index is 12.9. The summed E-state index contributed by atoms with van der Waals surface area (Å²) in [7, 11) is 0. The van der Waals surface area contributed by atoms with E-state index in [1.807, 2.05) is 24.4 Å². The number of hydrogen-bond acceptors (Lipinski definition) is 7. The highest BCUT2D eigenvalue weighted by Crippen LogP contribution is 2.31. The molecular weight excluding hydrogens is 448 g/mol. The van der Waals surface area contributed by atoms with Crippen molar-refractivity contribution in [1.29, 1.82) is 0 Å². The van der Waals surface area contributed by atoms with Crippen molar-refractivity contribution >= 4 is 45.7 Å².